The van der Waals surface area contributed by atoms with Crippen molar-refractivity contribution < 1.29 is 24.5 Å². The van der Waals surface area contributed by atoms with Crippen molar-refractivity contribution in [3.8, 4) is 39.5 Å². The van der Waals surface area contributed by atoms with Gasteiger partial charge in [-0.2, -0.15) is 0 Å². The molecule has 347 valence electrons. The smallest absolute Gasteiger partial charge is 0.121 e. The topological polar surface area (TPSA) is 56.7 Å². The minimum Gasteiger partial charge on any atom is -0.501 e. The van der Waals surface area contributed by atoms with Crippen LogP contribution in [-0.4, -0.2) is 19.5 Å². The predicted octanol–water partition coefficient (Wildman–Crippen LogP) is 17.1. The van der Waals surface area contributed by atoms with Crippen LogP contribution in [0.25, 0.3) is 94.0 Å². The molecule has 6 heteroatoms. The molecule has 0 aliphatic rings. The Morgan fingerprint density at radius 1 is 0.565 bits per heavy atom. The predicted molar refractivity (Wildman–Crippen MR) is 285 cm³/mol. The van der Waals surface area contributed by atoms with E-state index in [1.807, 2.05) is 36.4 Å². The maximum atomic E-state index is 6.93. The fourth-order valence-corrected chi connectivity index (χ4v) is 9.63. The second-order valence-electron chi connectivity index (χ2n) is 20.7. The third-order valence-electron chi connectivity index (χ3n) is 13.2. The van der Waals surface area contributed by atoms with E-state index in [1.54, 1.807) is 6.33 Å². The van der Waals surface area contributed by atoms with Gasteiger partial charge in [-0.05, 0) is 115 Å². The molecule has 0 aliphatic heterocycles. The third-order valence-corrected chi connectivity index (χ3v) is 13.2. The Morgan fingerprint density at radius 3 is 1.93 bits per heavy atom. The van der Waals surface area contributed by atoms with Crippen LogP contribution in [0.5, 0.6) is 0 Å². The Kier molecular flexibility index (Phi) is 12.8. The Hall–Kier alpha value is -6.72. The van der Waals surface area contributed by atoms with Crippen LogP contribution in [-0.2, 0) is 30.9 Å². The molecule has 69 heavy (non-hydrogen) atoms. The first-order valence-corrected chi connectivity index (χ1v) is 23.9. The summed E-state index contributed by atoms with van der Waals surface area (Å²) in [5.74, 6) is 1.39. The van der Waals surface area contributed by atoms with Crippen molar-refractivity contribution >= 4 is 54.5 Å². The van der Waals surface area contributed by atoms with Crippen molar-refractivity contribution in [2.24, 2.45) is 0 Å². The van der Waals surface area contributed by atoms with E-state index in [9.17, 15) is 0 Å². The fourth-order valence-electron chi connectivity index (χ4n) is 9.63. The van der Waals surface area contributed by atoms with E-state index < -0.39 is 0 Å². The maximum Gasteiger partial charge on any atom is 0.121 e. The number of hydrogen-bond acceptors (Lipinski definition) is 4. The first kappa shape index (κ1) is 47.3. The van der Waals surface area contributed by atoms with Gasteiger partial charge in [0, 0.05) is 42.3 Å². The molecule has 3 heterocycles. The number of nitrogens with zero attached hydrogens (tertiary/aromatic N) is 4. The number of benzene rings is 8. The van der Waals surface area contributed by atoms with Crippen LogP contribution in [0, 0.1) is 12.1 Å². The molecule has 0 atom stereocenters. The molecule has 11 rings (SSSR count). The van der Waals surface area contributed by atoms with Gasteiger partial charge in [0.25, 0.3) is 0 Å². The first-order chi connectivity index (χ1) is 32.7. The van der Waals surface area contributed by atoms with E-state index >= 15 is 0 Å². The van der Waals surface area contributed by atoms with E-state index in [0.717, 1.165) is 61.3 Å². The van der Waals surface area contributed by atoms with Crippen molar-refractivity contribution in [2.75, 3.05) is 0 Å². The molecule has 0 saturated carbocycles. The zero-order valence-electron chi connectivity index (χ0n) is 41.2. The second kappa shape index (κ2) is 18.6. The molecular formula is C63H58IrN4O-2. The van der Waals surface area contributed by atoms with Gasteiger partial charge < -0.3 is 8.98 Å². The summed E-state index contributed by atoms with van der Waals surface area (Å²) >= 11 is 0. The first-order valence-electron chi connectivity index (χ1n) is 23.9. The Labute approximate surface area is 420 Å². The van der Waals surface area contributed by atoms with Crippen molar-refractivity contribution in [1.82, 2.24) is 19.5 Å². The summed E-state index contributed by atoms with van der Waals surface area (Å²) in [4.78, 5) is 14.0. The Morgan fingerprint density at radius 2 is 1.25 bits per heavy atom. The van der Waals surface area contributed by atoms with Crippen LogP contribution in [0.15, 0.2) is 162 Å². The standard InChI is InChI=1S/C49H43N2O.C14H15N2.Ir/c1-29(2)38-24-32(31-16-9-8-10-17-31)25-39(30(3)4)46(38)51-44-23-14-13-22-43(44)50-48(51)37-21-15-20-36-41-26-33-27-42(49(5,6)7)35-19-12-11-18-34(35)40(33)28-45(41)52-47(36)37;1-14(2,3)13-9-12(15-10-16-13)11-7-5-4-6-8-11;/h8-20,22-30H,1-7H3;4-7,9-10H,1-3H3;/q2*-1;. The number of fused-ring (bicyclic) bond motifs is 7. The number of furan rings is 1. The third kappa shape index (κ3) is 8.93. The summed E-state index contributed by atoms with van der Waals surface area (Å²) in [7, 11) is 0. The maximum absolute atomic E-state index is 6.93. The van der Waals surface area contributed by atoms with E-state index in [4.69, 9.17) is 9.40 Å². The van der Waals surface area contributed by atoms with Crippen LogP contribution < -0.4 is 0 Å². The van der Waals surface area contributed by atoms with Gasteiger partial charge in [-0.1, -0.05) is 153 Å². The van der Waals surface area contributed by atoms with E-state index in [1.165, 1.54) is 55.0 Å². The number of imidazole rings is 1. The van der Waals surface area contributed by atoms with Gasteiger partial charge in [0.1, 0.15) is 11.9 Å². The van der Waals surface area contributed by atoms with Gasteiger partial charge in [-0.25, -0.2) is 4.98 Å². The van der Waals surface area contributed by atoms with Crippen LogP contribution >= 0.6 is 0 Å². The molecular weight excluding hydrogens is 1020 g/mol. The summed E-state index contributed by atoms with van der Waals surface area (Å²) in [6.45, 7) is 22.5. The summed E-state index contributed by atoms with van der Waals surface area (Å²) in [6, 6.07) is 60.5. The molecule has 0 aliphatic carbocycles. The van der Waals surface area contributed by atoms with Crippen LogP contribution in [0.1, 0.15) is 103 Å². The van der Waals surface area contributed by atoms with Gasteiger partial charge >= 0.3 is 0 Å². The second-order valence-corrected chi connectivity index (χ2v) is 20.7. The molecule has 0 N–H and O–H groups in total. The van der Waals surface area contributed by atoms with E-state index in [-0.39, 0.29) is 42.8 Å². The van der Waals surface area contributed by atoms with Crippen molar-refractivity contribution in [3.05, 3.63) is 193 Å². The average Bonchev–Trinajstić information content (AvgIpc) is 3.91. The molecule has 11 aromatic rings. The molecule has 0 amide bonds. The zero-order chi connectivity index (χ0) is 47.5. The number of rotatable bonds is 6. The fraction of sp³-hybridized carbons (Fsp3) is 0.222. The van der Waals surface area contributed by atoms with Gasteiger partial charge in [0.15, 0.2) is 0 Å². The minimum absolute atomic E-state index is 0. The van der Waals surface area contributed by atoms with Gasteiger partial charge in [-0.3, -0.25) is 9.97 Å². The van der Waals surface area contributed by atoms with Crippen LogP contribution in [0.2, 0.25) is 0 Å². The molecule has 0 unspecified atom stereocenters. The average molecular weight is 1080 g/mol. The summed E-state index contributed by atoms with van der Waals surface area (Å²) in [6.07, 6.45) is 1.62. The Balaban J connectivity index is 0.000000296. The molecule has 0 spiro atoms. The van der Waals surface area contributed by atoms with Crippen molar-refractivity contribution in [1.29, 1.82) is 0 Å². The monoisotopic (exact) mass is 1080 g/mol. The van der Waals surface area contributed by atoms with Crippen LogP contribution in [0.4, 0.5) is 0 Å². The SMILES string of the molecule is CC(C)(C)c1cc(-c2[c-]cccc2)ncn1.CC(C)c1cc(-c2ccccc2)cc(C(C)C)c1-n1c(-c2[c-]ccc3c2oc2cc4c(cc(C(C)(C)C)c5ccccc54)cc23)nc2ccccc21.[Ir]. The Bertz CT molecular complexity index is 3620. The molecule has 3 aromatic heterocycles. The molecule has 8 aromatic carbocycles. The van der Waals surface area contributed by atoms with Gasteiger partial charge in [-0.15, -0.1) is 54.1 Å². The largest absolute Gasteiger partial charge is 0.501 e. The molecule has 1 radical (unpaired) electrons. The summed E-state index contributed by atoms with van der Waals surface area (Å²) < 4.78 is 9.31. The number of para-hydroxylation sites is 2. The minimum atomic E-state index is 0. The van der Waals surface area contributed by atoms with Crippen LogP contribution in [0.3, 0.4) is 0 Å². The zero-order valence-corrected chi connectivity index (χ0v) is 43.6. The number of aromatic nitrogens is 4. The summed E-state index contributed by atoms with van der Waals surface area (Å²) in [5.41, 5.74) is 15.2. The van der Waals surface area contributed by atoms with Gasteiger partial charge in [0.2, 0.25) is 0 Å². The van der Waals surface area contributed by atoms with E-state index in [2.05, 4.69) is 211 Å². The van der Waals surface area contributed by atoms with Gasteiger partial charge in [0.05, 0.1) is 22.4 Å². The number of hydrogen-bond donors (Lipinski definition) is 0. The van der Waals surface area contributed by atoms with E-state index in [0.29, 0.717) is 0 Å². The molecule has 0 saturated heterocycles. The normalized spacial score (nSPS) is 12.1. The molecule has 0 bridgehead atoms. The quantitative estimate of drug-likeness (QED) is 0.123. The van der Waals surface area contributed by atoms with Crippen molar-refractivity contribution in [3.63, 3.8) is 0 Å². The molecule has 0 fully saturated rings. The summed E-state index contributed by atoms with van der Waals surface area (Å²) in [5, 5.41) is 7.15. The van der Waals surface area contributed by atoms with Crippen molar-refractivity contribution in [2.45, 2.75) is 91.9 Å². The molecule has 5 nitrogen and oxygen atoms in total.